The molecule has 0 heterocycles. The van der Waals surface area contributed by atoms with Crippen molar-refractivity contribution in [3.8, 4) is 22.3 Å². The highest BCUT2D eigenvalue weighted by Gasteiger charge is 2.06. The van der Waals surface area contributed by atoms with Crippen molar-refractivity contribution in [2.45, 2.75) is 27.7 Å². The van der Waals surface area contributed by atoms with E-state index in [1.807, 2.05) is 13.8 Å². The first-order valence-corrected chi connectivity index (χ1v) is 7.97. The van der Waals surface area contributed by atoms with E-state index in [2.05, 4.69) is 86.6 Å². The maximum absolute atomic E-state index is 2.20. The number of rotatable bonds is 2. The van der Waals surface area contributed by atoms with Gasteiger partial charge in [0, 0.05) is 0 Å². The molecule has 22 heavy (non-hydrogen) atoms. The van der Waals surface area contributed by atoms with Gasteiger partial charge in [-0.2, -0.15) is 0 Å². The predicted molar refractivity (Wildman–Crippen MR) is 98.1 cm³/mol. The molecule has 0 N–H and O–H groups in total. The topological polar surface area (TPSA) is 0 Å². The van der Waals surface area contributed by atoms with Crippen molar-refractivity contribution in [3.05, 3.63) is 83.9 Å². The summed E-state index contributed by atoms with van der Waals surface area (Å²) in [6.07, 6.45) is 0. The van der Waals surface area contributed by atoms with E-state index in [-0.39, 0.29) is 0 Å². The minimum atomic E-state index is 1.27. The first-order chi connectivity index (χ1) is 10.7. The van der Waals surface area contributed by atoms with Crippen LogP contribution in [0.3, 0.4) is 0 Å². The zero-order valence-corrected chi connectivity index (χ0v) is 13.9. The molecule has 0 aliphatic rings. The lowest BCUT2D eigenvalue weighted by molar-refractivity contribution is 1.46. The van der Waals surface area contributed by atoms with Gasteiger partial charge in [0.1, 0.15) is 0 Å². The second kappa shape index (κ2) is 7.61. The monoisotopic (exact) mass is 288 g/mol. The Morgan fingerprint density at radius 3 is 1.09 bits per heavy atom. The van der Waals surface area contributed by atoms with Gasteiger partial charge in [-0.1, -0.05) is 97.8 Å². The maximum atomic E-state index is 2.20. The summed E-state index contributed by atoms with van der Waals surface area (Å²) in [5.41, 5.74) is 7.70. The van der Waals surface area contributed by atoms with Crippen molar-refractivity contribution < 1.29 is 0 Å². The fraction of sp³-hybridized carbons (Fsp3) is 0.182. The Hall–Kier alpha value is -2.34. The molecule has 0 saturated heterocycles. The predicted octanol–water partition coefficient (Wildman–Crippen LogP) is 6.66. The van der Waals surface area contributed by atoms with Gasteiger partial charge in [0.15, 0.2) is 0 Å². The zero-order chi connectivity index (χ0) is 15.9. The van der Waals surface area contributed by atoms with E-state index in [0.717, 1.165) is 0 Å². The molecule has 0 heteroatoms. The van der Waals surface area contributed by atoms with Gasteiger partial charge < -0.3 is 0 Å². The van der Waals surface area contributed by atoms with Crippen LogP contribution in [0.5, 0.6) is 0 Å². The summed E-state index contributed by atoms with van der Waals surface area (Å²) in [7, 11) is 0. The Labute approximate surface area is 134 Å². The Kier molecular flexibility index (Phi) is 5.55. The van der Waals surface area contributed by atoms with Crippen LogP contribution in [-0.4, -0.2) is 0 Å². The summed E-state index contributed by atoms with van der Waals surface area (Å²) in [5, 5.41) is 0. The minimum absolute atomic E-state index is 1.27. The SMILES string of the molecule is CC.Cc1ccc(-c2ccccc2-c2ccc(C)cc2)cc1. The van der Waals surface area contributed by atoms with Crippen LogP contribution in [-0.2, 0) is 0 Å². The maximum Gasteiger partial charge on any atom is -0.0105 e. The molecule has 3 rings (SSSR count). The van der Waals surface area contributed by atoms with Gasteiger partial charge in [0.25, 0.3) is 0 Å². The van der Waals surface area contributed by atoms with E-state index in [1.165, 1.54) is 33.4 Å². The van der Waals surface area contributed by atoms with E-state index < -0.39 is 0 Å². The molecule has 0 saturated carbocycles. The smallest absolute Gasteiger partial charge is 0.0105 e. The largest absolute Gasteiger partial charge is 0.0683 e. The van der Waals surface area contributed by atoms with Crippen LogP contribution in [0.15, 0.2) is 72.8 Å². The summed E-state index contributed by atoms with van der Waals surface area (Å²) in [4.78, 5) is 0. The average molecular weight is 288 g/mol. The number of benzene rings is 3. The molecule has 0 amide bonds. The molecular formula is C22H24. The fourth-order valence-corrected chi connectivity index (χ4v) is 2.45. The molecule has 112 valence electrons. The molecule has 0 unspecified atom stereocenters. The van der Waals surface area contributed by atoms with Crippen molar-refractivity contribution in [2.75, 3.05) is 0 Å². The Morgan fingerprint density at radius 1 is 0.455 bits per heavy atom. The van der Waals surface area contributed by atoms with Crippen molar-refractivity contribution >= 4 is 0 Å². The van der Waals surface area contributed by atoms with E-state index in [4.69, 9.17) is 0 Å². The molecule has 0 fully saturated rings. The average Bonchev–Trinajstić information content (AvgIpc) is 2.58. The van der Waals surface area contributed by atoms with Gasteiger partial charge in [-0.3, -0.25) is 0 Å². The summed E-state index contributed by atoms with van der Waals surface area (Å²) >= 11 is 0. The summed E-state index contributed by atoms with van der Waals surface area (Å²) in [6, 6.07) is 26.1. The van der Waals surface area contributed by atoms with Gasteiger partial charge in [0.2, 0.25) is 0 Å². The van der Waals surface area contributed by atoms with Crippen LogP contribution < -0.4 is 0 Å². The van der Waals surface area contributed by atoms with Crippen LogP contribution in [0.25, 0.3) is 22.3 Å². The molecule has 0 atom stereocenters. The van der Waals surface area contributed by atoms with Crippen molar-refractivity contribution in [3.63, 3.8) is 0 Å². The van der Waals surface area contributed by atoms with E-state index >= 15 is 0 Å². The second-order valence-corrected chi connectivity index (χ2v) is 5.28. The van der Waals surface area contributed by atoms with Crippen molar-refractivity contribution in [1.29, 1.82) is 0 Å². The van der Waals surface area contributed by atoms with Crippen LogP contribution in [0.4, 0.5) is 0 Å². The van der Waals surface area contributed by atoms with Crippen LogP contribution in [0.1, 0.15) is 25.0 Å². The quantitative estimate of drug-likeness (QED) is 0.494. The highest BCUT2D eigenvalue weighted by molar-refractivity contribution is 5.83. The number of aryl methyl sites for hydroxylation is 2. The second-order valence-electron chi connectivity index (χ2n) is 5.28. The standard InChI is InChI=1S/C20H18.C2H6/c1-15-7-11-17(12-8-15)19-5-3-4-6-20(19)18-13-9-16(2)10-14-18;1-2/h3-14H,1-2H3;1-2H3. The molecule has 3 aromatic carbocycles. The Bertz CT molecular complexity index is 639. The third-order valence-electron chi connectivity index (χ3n) is 3.65. The minimum Gasteiger partial charge on any atom is -0.0683 e. The van der Waals surface area contributed by atoms with Crippen molar-refractivity contribution in [2.24, 2.45) is 0 Å². The third kappa shape index (κ3) is 3.65. The van der Waals surface area contributed by atoms with Gasteiger partial charge in [-0.25, -0.2) is 0 Å². The van der Waals surface area contributed by atoms with Gasteiger partial charge >= 0.3 is 0 Å². The van der Waals surface area contributed by atoms with Crippen LogP contribution >= 0.6 is 0 Å². The lowest BCUT2D eigenvalue weighted by Gasteiger charge is -2.10. The molecule has 0 aliphatic carbocycles. The normalized spacial score (nSPS) is 9.82. The van der Waals surface area contributed by atoms with Gasteiger partial charge in [0.05, 0.1) is 0 Å². The highest BCUT2D eigenvalue weighted by atomic mass is 14.1. The fourth-order valence-electron chi connectivity index (χ4n) is 2.45. The molecular weight excluding hydrogens is 264 g/mol. The Morgan fingerprint density at radius 2 is 0.773 bits per heavy atom. The molecule has 0 spiro atoms. The Balaban J connectivity index is 0.000000847. The lowest BCUT2D eigenvalue weighted by atomic mass is 9.94. The molecule has 0 aliphatic heterocycles. The zero-order valence-electron chi connectivity index (χ0n) is 13.9. The molecule has 0 aromatic heterocycles. The van der Waals surface area contributed by atoms with Crippen LogP contribution in [0.2, 0.25) is 0 Å². The summed E-state index contributed by atoms with van der Waals surface area (Å²) in [5.74, 6) is 0. The molecule has 3 aromatic rings. The van der Waals surface area contributed by atoms with E-state index in [1.54, 1.807) is 0 Å². The highest BCUT2D eigenvalue weighted by Crippen LogP contribution is 2.32. The van der Waals surface area contributed by atoms with Gasteiger partial charge in [-0.15, -0.1) is 0 Å². The number of hydrogen-bond donors (Lipinski definition) is 0. The first kappa shape index (κ1) is 16.0. The molecule has 0 radical (unpaired) electrons. The third-order valence-corrected chi connectivity index (χ3v) is 3.65. The van der Waals surface area contributed by atoms with Crippen molar-refractivity contribution in [1.82, 2.24) is 0 Å². The molecule has 0 bridgehead atoms. The van der Waals surface area contributed by atoms with Gasteiger partial charge in [-0.05, 0) is 36.1 Å². The van der Waals surface area contributed by atoms with Crippen LogP contribution in [0, 0.1) is 13.8 Å². The first-order valence-electron chi connectivity index (χ1n) is 7.97. The van der Waals surface area contributed by atoms with E-state index in [9.17, 15) is 0 Å². The summed E-state index contributed by atoms with van der Waals surface area (Å²) < 4.78 is 0. The molecule has 0 nitrogen and oxygen atoms in total. The van der Waals surface area contributed by atoms with E-state index in [0.29, 0.717) is 0 Å². The number of hydrogen-bond acceptors (Lipinski definition) is 0. The summed E-state index contributed by atoms with van der Waals surface area (Å²) in [6.45, 7) is 8.24. The lowest BCUT2D eigenvalue weighted by Crippen LogP contribution is -1.85.